The Hall–Kier alpha value is -4.19. The molecule has 79 heavy (non-hydrogen) atoms. The van der Waals surface area contributed by atoms with Gasteiger partial charge in [0.1, 0.15) is 13.2 Å². The van der Waals surface area contributed by atoms with Crippen molar-refractivity contribution in [1.82, 2.24) is 0 Å². The normalized spacial score (nSPS) is 12.9. The van der Waals surface area contributed by atoms with Gasteiger partial charge in [-0.2, -0.15) is 0 Å². The summed E-state index contributed by atoms with van der Waals surface area (Å²) in [4.78, 5) is 38.3. The van der Waals surface area contributed by atoms with Gasteiger partial charge in [-0.25, -0.2) is 0 Å². The van der Waals surface area contributed by atoms with Crippen molar-refractivity contribution in [2.45, 2.75) is 309 Å². The number of ether oxygens (including phenoxy) is 3. The predicted molar refractivity (Wildman–Crippen MR) is 343 cm³/mol. The maximum Gasteiger partial charge on any atom is 0.306 e. The third-order valence-electron chi connectivity index (χ3n) is 13.9. The van der Waals surface area contributed by atoms with Gasteiger partial charge in [0.25, 0.3) is 0 Å². The SMILES string of the molecule is CC/C=C\C/C=C\C/C=C\C/C=C\CCCCCCCCCCC(=O)OC(COC(=O)CC/C=C\C/C=C\C/C=C\C/C=C\CC)COC(=O)CCCCCCCCCCCCCCCCC/C=C\C/C=C\CCCCCCC. The molecule has 0 aromatic carbocycles. The van der Waals surface area contributed by atoms with Gasteiger partial charge in [-0.15, -0.1) is 0 Å². The highest BCUT2D eigenvalue weighted by Crippen LogP contribution is 2.16. The van der Waals surface area contributed by atoms with Gasteiger partial charge in [-0.1, -0.05) is 290 Å². The van der Waals surface area contributed by atoms with Crippen LogP contribution in [0.15, 0.2) is 122 Å². The van der Waals surface area contributed by atoms with Gasteiger partial charge in [0.2, 0.25) is 0 Å². The first-order chi connectivity index (χ1) is 39.0. The molecule has 0 saturated heterocycles. The van der Waals surface area contributed by atoms with E-state index in [-0.39, 0.29) is 37.5 Å². The quantitative estimate of drug-likeness (QED) is 0.0261. The fourth-order valence-corrected chi connectivity index (χ4v) is 9.07. The molecule has 0 bridgehead atoms. The van der Waals surface area contributed by atoms with Gasteiger partial charge in [-0.3, -0.25) is 14.4 Å². The molecule has 0 aromatic rings. The van der Waals surface area contributed by atoms with Gasteiger partial charge in [0.05, 0.1) is 0 Å². The summed E-state index contributed by atoms with van der Waals surface area (Å²) in [6, 6.07) is 0. The Bertz CT molecular complexity index is 1640. The van der Waals surface area contributed by atoms with E-state index in [4.69, 9.17) is 14.2 Å². The maximum atomic E-state index is 12.9. The van der Waals surface area contributed by atoms with Gasteiger partial charge in [-0.05, 0) is 116 Å². The minimum Gasteiger partial charge on any atom is -0.462 e. The standard InChI is InChI=1S/C73H122O6/c1-4-7-10-13-16-19-22-25-27-29-31-33-34-35-36-37-38-40-41-43-45-48-51-54-57-60-63-66-72(75)78-69-70(68-77-71(74)65-62-59-56-53-50-47-24-21-18-15-12-9-6-3)79-73(76)67-64-61-58-55-52-49-46-44-42-39-32-30-28-26-23-20-17-14-11-8-5-2/h8-9,11-12,17-18,20-22,25-26,28-29,31-32,39,47,50,56,59,70H,4-7,10,13-16,19,23-24,27,30,33-38,40-46,48-49,51-55,57-58,60-69H2,1-3H3/b11-8-,12-9-,20-17-,21-18-,25-22-,28-26-,31-29-,39-32-,50-47-,59-56-. The summed E-state index contributed by atoms with van der Waals surface area (Å²) in [6.07, 6.45) is 92.3. The van der Waals surface area contributed by atoms with Crippen molar-refractivity contribution in [2.24, 2.45) is 0 Å². The minimum atomic E-state index is -0.815. The number of carbonyl (C=O) groups is 3. The molecule has 0 N–H and O–H groups in total. The van der Waals surface area contributed by atoms with Crippen LogP contribution in [-0.4, -0.2) is 37.2 Å². The fraction of sp³-hybridized carbons (Fsp3) is 0.685. The summed E-state index contributed by atoms with van der Waals surface area (Å²) in [5, 5.41) is 0. The molecule has 0 aliphatic carbocycles. The Kier molecular flexibility index (Phi) is 62.8. The molecule has 1 atom stereocenters. The molecule has 0 fully saturated rings. The van der Waals surface area contributed by atoms with Crippen LogP contribution in [0.4, 0.5) is 0 Å². The van der Waals surface area contributed by atoms with Crippen LogP contribution < -0.4 is 0 Å². The van der Waals surface area contributed by atoms with Gasteiger partial charge < -0.3 is 14.2 Å². The molecule has 0 aromatic heterocycles. The number of hydrogen-bond acceptors (Lipinski definition) is 6. The topological polar surface area (TPSA) is 78.9 Å². The lowest BCUT2D eigenvalue weighted by atomic mass is 10.0. The summed E-state index contributed by atoms with van der Waals surface area (Å²) in [5.74, 6) is -0.992. The van der Waals surface area contributed by atoms with Crippen LogP contribution in [0.2, 0.25) is 0 Å². The first-order valence-electron chi connectivity index (χ1n) is 33.0. The number of rotatable bonds is 59. The van der Waals surface area contributed by atoms with Crippen molar-refractivity contribution >= 4 is 17.9 Å². The molecule has 0 rings (SSSR count). The fourth-order valence-electron chi connectivity index (χ4n) is 9.07. The van der Waals surface area contributed by atoms with E-state index in [0.717, 1.165) is 103 Å². The van der Waals surface area contributed by atoms with E-state index in [1.165, 1.54) is 154 Å². The van der Waals surface area contributed by atoms with E-state index >= 15 is 0 Å². The Morgan fingerprint density at radius 2 is 0.519 bits per heavy atom. The maximum absolute atomic E-state index is 12.9. The summed E-state index contributed by atoms with van der Waals surface area (Å²) >= 11 is 0. The molecule has 1 unspecified atom stereocenters. The number of esters is 3. The number of hydrogen-bond donors (Lipinski definition) is 0. The monoisotopic (exact) mass is 1090 g/mol. The Morgan fingerprint density at radius 3 is 0.848 bits per heavy atom. The lowest BCUT2D eigenvalue weighted by Gasteiger charge is -2.18. The number of carbonyl (C=O) groups excluding carboxylic acids is 3. The van der Waals surface area contributed by atoms with Gasteiger partial charge >= 0.3 is 17.9 Å². The Labute approximate surface area is 488 Å². The largest absolute Gasteiger partial charge is 0.462 e. The molecule has 0 radical (unpaired) electrons. The average Bonchev–Trinajstić information content (AvgIpc) is 3.45. The van der Waals surface area contributed by atoms with E-state index in [9.17, 15) is 14.4 Å². The van der Waals surface area contributed by atoms with E-state index in [2.05, 4.69) is 136 Å². The predicted octanol–water partition coefficient (Wildman–Crippen LogP) is 22.8. The second-order valence-corrected chi connectivity index (χ2v) is 21.6. The van der Waals surface area contributed by atoms with Crippen molar-refractivity contribution in [3.8, 4) is 0 Å². The molecule has 0 heterocycles. The van der Waals surface area contributed by atoms with Crippen LogP contribution in [0.5, 0.6) is 0 Å². The summed E-state index contributed by atoms with van der Waals surface area (Å²) < 4.78 is 16.9. The van der Waals surface area contributed by atoms with Crippen molar-refractivity contribution < 1.29 is 28.6 Å². The molecule has 450 valence electrons. The molecule has 0 aliphatic rings. The lowest BCUT2D eigenvalue weighted by Crippen LogP contribution is -2.30. The van der Waals surface area contributed by atoms with Crippen molar-refractivity contribution in [3.05, 3.63) is 122 Å². The van der Waals surface area contributed by atoms with Crippen LogP contribution in [-0.2, 0) is 28.6 Å². The van der Waals surface area contributed by atoms with E-state index in [1.807, 2.05) is 6.08 Å². The molecule has 0 saturated carbocycles. The smallest absolute Gasteiger partial charge is 0.306 e. The summed E-state index contributed by atoms with van der Waals surface area (Å²) in [7, 11) is 0. The zero-order valence-electron chi connectivity index (χ0n) is 51.6. The van der Waals surface area contributed by atoms with Crippen LogP contribution in [0.1, 0.15) is 303 Å². The molecule has 0 spiro atoms. The van der Waals surface area contributed by atoms with Gasteiger partial charge in [0, 0.05) is 19.3 Å². The van der Waals surface area contributed by atoms with E-state index in [1.54, 1.807) is 0 Å². The first-order valence-corrected chi connectivity index (χ1v) is 33.0. The second kappa shape index (κ2) is 66.3. The Morgan fingerprint density at radius 1 is 0.266 bits per heavy atom. The summed E-state index contributed by atoms with van der Waals surface area (Å²) in [5.41, 5.74) is 0. The molecular formula is C73H122O6. The lowest BCUT2D eigenvalue weighted by molar-refractivity contribution is -0.166. The van der Waals surface area contributed by atoms with E-state index in [0.29, 0.717) is 19.3 Å². The van der Waals surface area contributed by atoms with E-state index < -0.39 is 6.10 Å². The third-order valence-corrected chi connectivity index (χ3v) is 13.9. The van der Waals surface area contributed by atoms with Crippen LogP contribution in [0.3, 0.4) is 0 Å². The highest BCUT2D eigenvalue weighted by molar-refractivity contribution is 5.71. The molecule has 6 heteroatoms. The molecular weight excluding hydrogens is 973 g/mol. The second-order valence-electron chi connectivity index (χ2n) is 21.6. The zero-order valence-corrected chi connectivity index (χ0v) is 51.6. The third kappa shape index (κ3) is 64.5. The number of allylic oxidation sites excluding steroid dienone is 20. The Balaban J connectivity index is 4.33. The summed E-state index contributed by atoms with van der Waals surface area (Å²) in [6.45, 7) is 6.35. The zero-order chi connectivity index (χ0) is 57.1. The minimum absolute atomic E-state index is 0.105. The van der Waals surface area contributed by atoms with Crippen LogP contribution >= 0.6 is 0 Å². The van der Waals surface area contributed by atoms with Crippen molar-refractivity contribution in [2.75, 3.05) is 13.2 Å². The number of unbranched alkanes of at least 4 members (excludes halogenated alkanes) is 28. The molecule has 0 aliphatic heterocycles. The first kappa shape index (κ1) is 74.8. The average molecular weight is 1100 g/mol. The highest BCUT2D eigenvalue weighted by Gasteiger charge is 2.19. The van der Waals surface area contributed by atoms with Crippen LogP contribution in [0, 0.1) is 0 Å². The van der Waals surface area contributed by atoms with Crippen molar-refractivity contribution in [1.29, 1.82) is 0 Å². The van der Waals surface area contributed by atoms with Gasteiger partial charge in [0.15, 0.2) is 6.10 Å². The van der Waals surface area contributed by atoms with Crippen LogP contribution in [0.25, 0.3) is 0 Å². The molecule has 0 amide bonds. The molecule has 6 nitrogen and oxygen atoms in total. The van der Waals surface area contributed by atoms with Crippen molar-refractivity contribution in [3.63, 3.8) is 0 Å². The highest BCUT2D eigenvalue weighted by atomic mass is 16.6.